The second-order valence-electron chi connectivity index (χ2n) is 5.54. The van der Waals surface area contributed by atoms with E-state index in [1.165, 1.54) is 30.1 Å². The molecule has 7 heteroatoms. The Labute approximate surface area is 136 Å². The van der Waals surface area contributed by atoms with E-state index in [0.29, 0.717) is 17.2 Å². The molecule has 0 atom stereocenters. The van der Waals surface area contributed by atoms with Gasteiger partial charge in [-0.25, -0.2) is 4.68 Å². The summed E-state index contributed by atoms with van der Waals surface area (Å²) in [6.45, 7) is 0. The minimum atomic E-state index is -4.46. The lowest BCUT2D eigenvalue weighted by Gasteiger charge is -2.24. The molecule has 0 unspecified atom stereocenters. The van der Waals surface area contributed by atoms with Gasteiger partial charge in [-0.2, -0.15) is 23.5 Å². The second kappa shape index (κ2) is 6.28. The third kappa shape index (κ3) is 3.53. The highest BCUT2D eigenvalue weighted by atomic mass is 32.2. The molecule has 1 aromatic carbocycles. The van der Waals surface area contributed by atoms with Crippen molar-refractivity contribution in [1.29, 1.82) is 5.26 Å². The lowest BCUT2D eigenvalue weighted by molar-refractivity contribution is -0.141. The highest BCUT2D eigenvalue weighted by molar-refractivity contribution is 7.99. The summed E-state index contributed by atoms with van der Waals surface area (Å²) in [6, 6.07) is 8.05. The number of nitriles is 1. The molecule has 1 fully saturated rings. The maximum absolute atomic E-state index is 12.6. The molecule has 23 heavy (non-hydrogen) atoms. The topological polar surface area (TPSA) is 41.6 Å². The molecule has 1 aliphatic carbocycles. The fourth-order valence-electron chi connectivity index (χ4n) is 2.35. The van der Waals surface area contributed by atoms with E-state index >= 15 is 0 Å². The summed E-state index contributed by atoms with van der Waals surface area (Å²) in [5.41, 5.74) is 0.141. The zero-order valence-electron chi connectivity index (χ0n) is 12.2. The smallest absolute Gasteiger partial charge is 0.240 e. The maximum atomic E-state index is 12.6. The quantitative estimate of drug-likeness (QED) is 0.762. The number of aromatic nitrogens is 2. The van der Waals surface area contributed by atoms with Crippen LogP contribution in [0.25, 0.3) is 5.69 Å². The van der Waals surface area contributed by atoms with Crippen LogP contribution in [0.1, 0.15) is 30.5 Å². The molecule has 120 valence electrons. The predicted octanol–water partition coefficient (Wildman–Crippen LogP) is 4.65. The minimum absolute atomic E-state index is 0.524. The van der Waals surface area contributed by atoms with Gasteiger partial charge in [-0.05, 0) is 43.0 Å². The Morgan fingerprint density at radius 1 is 1.30 bits per heavy atom. The largest absolute Gasteiger partial charge is 0.435 e. The van der Waals surface area contributed by atoms with Crippen LogP contribution in [0.4, 0.5) is 13.2 Å². The Bertz CT molecular complexity index is 742. The summed E-state index contributed by atoms with van der Waals surface area (Å²) >= 11 is 1.59. The lowest BCUT2D eigenvalue weighted by Crippen LogP contribution is -2.13. The molecule has 0 amide bonds. The molecule has 0 bridgehead atoms. The average Bonchev–Trinajstić information content (AvgIpc) is 2.95. The first-order valence-corrected chi connectivity index (χ1v) is 8.26. The maximum Gasteiger partial charge on any atom is 0.435 e. The number of nitrogens with zero attached hydrogens (tertiary/aromatic N) is 3. The monoisotopic (exact) mass is 337 g/mol. The number of benzene rings is 1. The lowest BCUT2D eigenvalue weighted by atomic mass is 9.87. The van der Waals surface area contributed by atoms with E-state index in [2.05, 4.69) is 11.2 Å². The molecule has 1 aromatic heterocycles. The van der Waals surface area contributed by atoms with Gasteiger partial charge in [0.25, 0.3) is 0 Å². The number of halogens is 3. The Hall–Kier alpha value is -1.94. The van der Waals surface area contributed by atoms with Gasteiger partial charge >= 0.3 is 6.18 Å². The van der Waals surface area contributed by atoms with Crippen LogP contribution < -0.4 is 0 Å². The van der Waals surface area contributed by atoms with Crippen LogP contribution in [0.2, 0.25) is 0 Å². The fraction of sp³-hybridized carbons (Fsp3) is 0.375. The molecular weight excluding hydrogens is 323 g/mol. The summed E-state index contributed by atoms with van der Waals surface area (Å²) in [4.78, 5) is 0.793. The van der Waals surface area contributed by atoms with Crippen LogP contribution in [0.5, 0.6) is 0 Å². The van der Waals surface area contributed by atoms with Crippen molar-refractivity contribution in [3.63, 3.8) is 0 Å². The molecular formula is C16H14F3N3S. The molecule has 3 rings (SSSR count). The zero-order chi connectivity index (χ0) is 16.4. The normalized spacial score (nSPS) is 15.2. The molecule has 2 aromatic rings. The van der Waals surface area contributed by atoms with Crippen LogP contribution in [0, 0.1) is 17.2 Å². The summed E-state index contributed by atoms with van der Waals surface area (Å²) < 4.78 is 39.1. The Morgan fingerprint density at radius 3 is 2.65 bits per heavy atom. The van der Waals surface area contributed by atoms with Crippen molar-refractivity contribution >= 4 is 11.8 Å². The highest BCUT2D eigenvalue weighted by Gasteiger charge is 2.33. The molecule has 3 nitrogen and oxygen atoms in total. The van der Waals surface area contributed by atoms with Crippen molar-refractivity contribution in [3.8, 4) is 11.8 Å². The molecule has 1 heterocycles. The standard InChI is InChI=1S/C16H14F3N3S/c17-16(18,19)15-6-7-22(21-15)13-5-4-12(9-20)14(8-13)23-10-11-2-1-3-11/h4-8,11H,1-3,10H2. The van der Waals surface area contributed by atoms with Gasteiger partial charge in [0.15, 0.2) is 5.69 Å². The van der Waals surface area contributed by atoms with E-state index < -0.39 is 11.9 Å². The van der Waals surface area contributed by atoms with Crippen LogP contribution in [0.3, 0.4) is 0 Å². The van der Waals surface area contributed by atoms with E-state index in [9.17, 15) is 18.4 Å². The number of alkyl halides is 3. The molecule has 0 aliphatic heterocycles. The van der Waals surface area contributed by atoms with Gasteiger partial charge in [-0.1, -0.05) is 6.42 Å². The first kappa shape index (κ1) is 15.9. The second-order valence-corrected chi connectivity index (χ2v) is 6.61. The van der Waals surface area contributed by atoms with E-state index in [0.717, 1.165) is 16.7 Å². The van der Waals surface area contributed by atoms with Crippen molar-refractivity contribution in [3.05, 3.63) is 41.7 Å². The van der Waals surface area contributed by atoms with E-state index in [1.807, 2.05) is 0 Å². The van der Waals surface area contributed by atoms with Gasteiger partial charge in [-0.15, -0.1) is 11.8 Å². The van der Waals surface area contributed by atoms with Gasteiger partial charge in [0.2, 0.25) is 0 Å². The SMILES string of the molecule is N#Cc1ccc(-n2ccc(C(F)(F)F)n2)cc1SCC1CCC1. The van der Waals surface area contributed by atoms with Crippen LogP contribution in [-0.2, 0) is 6.18 Å². The van der Waals surface area contributed by atoms with E-state index in [4.69, 9.17) is 0 Å². The van der Waals surface area contributed by atoms with Crippen molar-refractivity contribution in [2.24, 2.45) is 5.92 Å². The Kier molecular flexibility index (Phi) is 4.35. The molecule has 1 aliphatic rings. The van der Waals surface area contributed by atoms with Crippen molar-refractivity contribution in [2.45, 2.75) is 30.3 Å². The van der Waals surface area contributed by atoms with Crippen LogP contribution >= 0.6 is 11.8 Å². The van der Waals surface area contributed by atoms with Crippen LogP contribution in [-0.4, -0.2) is 15.5 Å². The number of thioether (sulfide) groups is 1. The number of hydrogen-bond acceptors (Lipinski definition) is 3. The fourth-order valence-corrected chi connectivity index (χ4v) is 3.57. The highest BCUT2D eigenvalue weighted by Crippen LogP contribution is 2.34. The van der Waals surface area contributed by atoms with Gasteiger partial charge in [-0.3, -0.25) is 0 Å². The minimum Gasteiger partial charge on any atom is -0.240 e. The summed E-state index contributed by atoms with van der Waals surface area (Å²) in [5.74, 6) is 1.61. The molecule has 0 N–H and O–H groups in total. The van der Waals surface area contributed by atoms with Gasteiger partial charge in [0.1, 0.15) is 6.07 Å². The summed E-state index contributed by atoms with van der Waals surface area (Å²) in [7, 11) is 0. The average molecular weight is 337 g/mol. The van der Waals surface area contributed by atoms with Gasteiger partial charge in [0, 0.05) is 16.8 Å². The van der Waals surface area contributed by atoms with Crippen molar-refractivity contribution in [2.75, 3.05) is 5.75 Å². The van der Waals surface area contributed by atoms with Crippen molar-refractivity contribution < 1.29 is 13.2 Å². The predicted molar refractivity (Wildman–Crippen MR) is 81.3 cm³/mol. The summed E-state index contributed by atoms with van der Waals surface area (Å²) in [6.07, 6.45) is 0.499. The number of rotatable bonds is 4. The molecule has 0 spiro atoms. The van der Waals surface area contributed by atoms with E-state index in [-0.39, 0.29) is 0 Å². The summed E-state index contributed by atoms with van der Waals surface area (Å²) in [5, 5.41) is 12.8. The number of hydrogen-bond donors (Lipinski definition) is 0. The first-order valence-electron chi connectivity index (χ1n) is 7.27. The van der Waals surface area contributed by atoms with Gasteiger partial charge in [0.05, 0.1) is 11.3 Å². The van der Waals surface area contributed by atoms with E-state index in [1.54, 1.807) is 30.0 Å². The molecule has 1 saturated carbocycles. The third-order valence-electron chi connectivity index (χ3n) is 3.93. The Morgan fingerprint density at radius 2 is 2.09 bits per heavy atom. The first-order chi connectivity index (χ1) is 11.0. The molecule has 0 saturated heterocycles. The van der Waals surface area contributed by atoms with Crippen molar-refractivity contribution in [1.82, 2.24) is 9.78 Å². The molecule has 0 radical (unpaired) electrons. The Balaban J connectivity index is 1.84. The third-order valence-corrected chi connectivity index (χ3v) is 5.22. The van der Waals surface area contributed by atoms with Gasteiger partial charge < -0.3 is 0 Å². The van der Waals surface area contributed by atoms with Crippen LogP contribution in [0.15, 0.2) is 35.4 Å². The zero-order valence-corrected chi connectivity index (χ0v) is 13.0.